The standard InChI is InChI=1S/C16H23NO2/c1-3-19-15(18)17-14-9-7-13(8-10-14)16(2)11-5-4-6-12-16/h7-10H,3-6,11-12H2,1-2H3,(H,17,18). The van der Waals surface area contributed by atoms with Crippen molar-refractivity contribution in [1.29, 1.82) is 0 Å². The molecule has 2 rings (SSSR count). The van der Waals surface area contributed by atoms with E-state index in [-0.39, 0.29) is 6.09 Å². The van der Waals surface area contributed by atoms with Crippen LogP contribution in [0, 0.1) is 0 Å². The fraction of sp³-hybridized carbons (Fsp3) is 0.562. The van der Waals surface area contributed by atoms with Gasteiger partial charge in [-0.3, -0.25) is 5.32 Å². The van der Waals surface area contributed by atoms with Crippen LogP contribution in [0.3, 0.4) is 0 Å². The molecule has 0 bridgehead atoms. The van der Waals surface area contributed by atoms with E-state index < -0.39 is 0 Å². The Morgan fingerprint density at radius 1 is 1.21 bits per heavy atom. The fourth-order valence-electron chi connectivity index (χ4n) is 2.86. The van der Waals surface area contributed by atoms with Crippen LogP contribution in [0.25, 0.3) is 0 Å². The van der Waals surface area contributed by atoms with Gasteiger partial charge in [-0.15, -0.1) is 0 Å². The Hall–Kier alpha value is -1.51. The van der Waals surface area contributed by atoms with Crippen molar-refractivity contribution in [2.24, 2.45) is 0 Å². The summed E-state index contributed by atoms with van der Waals surface area (Å²) in [5.74, 6) is 0. The molecular formula is C16H23NO2. The second-order valence-electron chi connectivity index (χ2n) is 5.54. The minimum Gasteiger partial charge on any atom is -0.450 e. The maximum absolute atomic E-state index is 11.3. The second-order valence-corrected chi connectivity index (χ2v) is 5.54. The maximum atomic E-state index is 11.3. The molecule has 104 valence electrons. The van der Waals surface area contributed by atoms with Gasteiger partial charge >= 0.3 is 6.09 Å². The fourth-order valence-corrected chi connectivity index (χ4v) is 2.86. The molecule has 19 heavy (non-hydrogen) atoms. The molecule has 3 heteroatoms. The zero-order chi connectivity index (χ0) is 13.7. The molecule has 1 saturated carbocycles. The Labute approximate surface area is 115 Å². The summed E-state index contributed by atoms with van der Waals surface area (Å²) in [7, 11) is 0. The van der Waals surface area contributed by atoms with E-state index in [0.29, 0.717) is 12.0 Å². The number of anilines is 1. The van der Waals surface area contributed by atoms with Gasteiger partial charge in [-0.25, -0.2) is 4.79 Å². The minimum atomic E-state index is -0.390. The molecule has 0 unspecified atom stereocenters. The third kappa shape index (κ3) is 3.49. The highest BCUT2D eigenvalue weighted by atomic mass is 16.5. The molecule has 0 radical (unpaired) electrons. The molecule has 0 atom stereocenters. The third-order valence-corrected chi connectivity index (χ3v) is 4.06. The Balaban J connectivity index is 2.03. The minimum absolute atomic E-state index is 0.306. The first kappa shape index (κ1) is 13.9. The van der Waals surface area contributed by atoms with Crippen LogP contribution in [0.4, 0.5) is 10.5 Å². The molecule has 0 heterocycles. The van der Waals surface area contributed by atoms with E-state index in [4.69, 9.17) is 4.74 Å². The lowest BCUT2D eigenvalue weighted by Gasteiger charge is -2.34. The predicted octanol–water partition coefficient (Wildman–Crippen LogP) is 4.48. The quantitative estimate of drug-likeness (QED) is 0.871. The third-order valence-electron chi connectivity index (χ3n) is 4.06. The number of amides is 1. The number of carbonyl (C=O) groups is 1. The van der Waals surface area contributed by atoms with Crippen LogP contribution in [0.5, 0.6) is 0 Å². The van der Waals surface area contributed by atoms with E-state index in [1.54, 1.807) is 6.92 Å². The van der Waals surface area contributed by atoms with E-state index in [1.807, 2.05) is 12.1 Å². The molecule has 1 aliphatic rings. The van der Waals surface area contributed by atoms with Crippen molar-refractivity contribution in [2.45, 2.75) is 51.4 Å². The summed E-state index contributed by atoms with van der Waals surface area (Å²) in [5, 5.41) is 2.72. The van der Waals surface area contributed by atoms with E-state index >= 15 is 0 Å². The van der Waals surface area contributed by atoms with Crippen LogP contribution in [-0.4, -0.2) is 12.7 Å². The molecule has 1 aromatic rings. The van der Waals surface area contributed by atoms with Gasteiger partial charge in [0.2, 0.25) is 0 Å². The van der Waals surface area contributed by atoms with E-state index in [1.165, 1.54) is 37.7 Å². The normalized spacial score (nSPS) is 17.8. The molecule has 1 fully saturated rings. The first-order valence-corrected chi connectivity index (χ1v) is 7.18. The van der Waals surface area contributed by atoms with Crippen molar-refractivity contribution in [2.75, 3.05) is 11.9 Å². The summed E-state index contributed by atoms with van der Waals surface area (Å²) < 4.78 is 4.86. The van der Waals surface area contributed by atoms with Crippen molar-refractivity contribution < 1.29 is 9.53 Å². The first-order chi connectivity index (χ1) is 9.14. The highest BCUT2D eigenvalue weighted by Crippen LogP contribution is 2.39. The van der Waals surface area contributed by atoms with Gasteiger partial charge in [0.1, 0.15) is 0 Å². The van der Waals surface area contributed by atoms with Gasteiger partial charge in [-0.2, -0.15) is 0 Å². The van der Waals surface area contributed by atoms with Gasteiger partial charge in [0.15, 0.2) is 0 Å². The van der Waals surface area contributed by atoms with Gasteiger partial charge in [0.25, 0.3) is 0 Å². The van der Waals surface area contributed by atoms with Crippen LogP contribution < -0.4 is 5.32 Å². The van der Waals surface area contributed by atoms with Crippen molar-refractivity contribution in [3.8, 4) is 0 Å². The number of nitrogens with one attached hydrogen (secondary N) is 1. The van der Waals surface area contributed by atoms with Crippen molar-refractivity contribution in [1.82, 2.24) is 0 Å². The van der Waals surface area contributed by atoms with E-state index in [2.05, 4.69) is 24.4 Å². The number of carbonyl (C=O) groups excluding carboxylic acids is 1. The SMILES string of the molecule is CCOC(=O)Nc1ccc(C2(C)CCCCC2)cc1. The topological polar surface area (TPSA) is 38.3 Å². The van der Waals surface area contributed by atoms with Crippen molar-refractivity contribution in [3.05, 3.63) is 29.8 Å². The largest absolute Gasteiger partial charge is 0.450 e. The average molecular weight is 261 g/mol. The van der Waals surface area contributed by atoms with Crippen LogP contribution in [0.15, 0.2) is 24.3 Å². The van der Waals surface area contributed by atoms with Gasteiger partial charge in [0, 0.05) is 5.69 Å². The summed E-state index contributed by atoms with van der Waals surface area (Å²) in [6, 6.07) is 8.19. The van der Waals surface area contributed by atoms with Crippen molar-refractivity contribution in [3.63, 3.8) is 0 Å². The number of hydrogen-bond acceptors (Lipinski definition) is 2. The number of rotatable bonds is 3. The van der Waals surface area contributed by atoms with Gasteiger partial charge in [-0.05, 0) is 42.9 Å². The summed E-state index contributed by atoms with van der Waals surface area (Å²) in [6.45, 7) is 4.54. The van der Waals surface area contributed by atoms with Crippen LogP contribution in [0.1, 0.15) is 51.5 Å². The molecule has 1 aliphatic carbocycles. The Morgan fingerprint density at radius 2 is 1.84 bits per heavy atom. The van der Waals surface area contributed by atoms with Gasteiger partial charge < -0.3 is 4.74 Å². The van der Waals surface area contributed by atoms with Crippen molar-refractivity contribution >= 4 is 11.8 Å². The summed E-state index contributed by atoms with van der Waals surface area (Å²) >= 11 is 0. The molecule has 0 aliphatic heterocycles. The average Bonchev–Trinajstić information content (AvgIpc) is 2.40. The van der Waals surface area contributed by atoms with E-state index in [0.717, 1.165) is 5.69 Å². The van der Waals surface area contributed by atoms with Crippen LogP contribution in [-0.2, 0) is 10.2 Å². The second kappa shape index (κ2) is 6.09. The Morgan fingerprint density at radius 3 is 2.42 bits per heavy atom. The zero-order valence-corrected chi connectivity index (χ0v) is 11.9. The maximum Gasteiger partial charge on any atom is 0.411 e. The number of benzene rings is 1. The smallest absolute Gasteiger partial charge is 0.411 e. The number of ether oxygens (including phenoxy) is 1. The van der Waals surface area contributed by atoms with E-state index in [9.17, 15) is 4.79 Å². The molecule has 3 nitrogen and oxygen atoms in total. The predicted molar refractivity (Wildman–Crippen MR) is 77.5 cm³/mol. The molecule has 0 spiro atoms. The molecular weight excluding hydrogens is 238 g/mol. The lowest BCUT2D eigenvalue weighted by molar-refractivity contribution is 0.168. The lowest BCUT2D eigenvalue weighted by atomic mass is 9.71. The molecule has 1 N–H and O–H groups in total. The van der Waals surface area contributed by atoms with Crippen LogP contribution in [0.2, 0.25) is 0 Å². The first-order valence-electron chi connectivity index (χ1n) is 7.18. The highest BCUT2D eigenvalue weighted by Gasteiger charge is 2.28. The van der Waals surface area contributed by atoms with Crippen LogP contribution >= 0.6 is 0 Å². The summed E-state index contributed by atoms with van der Waals surface area (Å²) in [4.78, 5) is 11.3. The molecule has 0 saturated heterocycles. The molecule has 1 aromatic carbocycles. The highest BCUT2D eigenvalue weighted by molar-refractivity contribution is 5.84. The van der Waals surface area contributed by atoms with Gasteiger partial charge in [-0.1, -0.05) is 38.3 Å². The Kier molecular flexibility index (Phi) is 4.46. The zero-order valence-electron chi connectivity index (χ0n) is 11.9. The van der Waals surface area contributed by atoms with Gasteiger partial charge in [0.05, 0.1) is 6.61 Å². The molecule has 0 aromatic heterocycles. The molecule has 1 amide bonds. The summed E-state index contributed by atoms with van der Waals surface area (Å²) in [5.41, 5.74) is 2.48. The monoisotopic (exact) mass is 261 g/mol. The Bertz CT molecular complexity index is 419. The number of hydrogen-bond donors (Lipinski definition) is 1. The lowest BCUT2D eigenvalue weighted by Crippen LogP contribution is -2.24. The summed E-state index contributed by atoms with van der Waals surface area (Å²) in [6.07, 6.45) is 6.13.